The van der Waals surface area contributed by atoms with E-state index < -0.39 is 0 Å². The molecule has 6 heteroatoms. The number of pyridine rings is 1. The fourth-order valence-corrected chi connectivity index (χ4v) is 5.17. The zero-order valence-corrected chi connectivity index (χ0v) is 21.2. The molecule has 0 unspecified atom stereocenters. The van der Waals surface area contributed by atoms with Crippen LogP contribution in [-0.2, 0) is 4.74 Å². The standard InChI is InChI=1S/C30H29N3O2S/c1-36-23-11-8-21(9-12-23)6-7-22-10-13-26-25(20-22)28(31-14-15-33-16-18-34-19-17-33)30-29(32-26)24-4-2-3-5-27(24)35-30/h2-13,20H,14-19H2,1H3,(H,31,32)/b7-6+. The maximum absolute atomic E-state index is 6.35. The largest absolute Gasteiger partial charge is 0.452 e. The number of nitrogens with one attached hydrogen (secondary N) is 1. The Morgan fingerprint density at radius 3 is 2.56 bits per heavy atom. The fourth-order valence-electron chi connectivity index (χ4n) is 4.76. The van der Waals surface area contributed by atoms with E-state index in [9.17, 15) is 0 Å². The van der Waals surface area contributed by atoms with E-state index in [-0.39, 0.29) is 0 Å². The van der Waals surface area contributed by atoms with Crippen molar-refractivity contribution < 1.29 is 9.15 Å². The van der Waals surface area contributed by atoms with Gasteiger partial charge in [-0.25, -0.2) is 4.98 Å². The van der Waals surface area contributed by atoms with Gasteiger partial charge in [0.05, 0.1) is 24.4 Å². The summed E-state index contributed by atoms with van der Waals surface area (Å²) in [5.41, 5.74) is 6.87. The number of para-hydroxylation sites is 1. The van der Waals surface area contributed by atoms with E-state index in [1.54, 1.807) is 11.8 Å². The molecule has 0 saturated carbocycles. The van der Waals surface area contributed by atoms with E-state index in [4.69, 9.17) is 14.1 Å². The number of aromatic nitrogens is 1. The van der Waals surface area contributed by atoms with Crippen LogP contribution < -0.4 is 5.32 Å². The van der Waals surface area contributed by atoms with Crippen molar-refractivity contribution in [2.45, 2.75) is 4.90 Å². The predicted molar refractivity (Wildman–Crippen MR) is 152 cm³/mol. The SMILES string of the molecule is CSc1ccc(/C=C/c2ccc3nc4c(oc5ccccc54)c(NCCN4CCOCC4)c3c2)cc1. The molecule has 1 saturated heterocycles. The van der Waals surface area contributed by atoms with Crippen LogP contribution in [0.1, 0.15) is 11.1 Å². The maximum atomic E-state index is 6.35. The fraction of sp³-hybridized carbons (Fsp3) is 0.233. The third-order valence-corrected chi connectivity index (χ3v) is 7.48. The van der Waals surface area contributed by atoms with Crippen LogP contribution in [0.4, 0.5) is 5.69 Å². The van der Waals surface area contributed by atoms with Crippen molar-refractivity contribution in [3.63, 3.8) is 0 Å². The topological polar surface area (TPSA) is 50.5 Å². The summed E-state index contributed by atoms with van der Waals surface area (Å²) in [6.07, 6.45) is 6.41. The Kier molecular flexibility index (Phi) is 6.64. The van der Waals surface area contributed by atoms with Crippen molar-refractivity contribution in [2.24, 2.45) is 0 Å². The number of anilines is 1. The molecule has 36 heavy (non-hydrogen) atoms. The molecule has 6 rings (SSSR count). The van der Waals surface area contributed by atoms with Gasteiger partial charge in [-0.1, -0.05) is 42.5 Å². The molecule has 2 aromatic heterocycles. The lowest BCUT2D eigenvalue weighted by molar-refractivity contribution is 0.0398. The van der Waals surface area contributed by atoms with Gasteiger partial charge in [0.1, 0.15) is 11.1 Å². The lowest BCUT2D eigenvalue weighted by atomic mass is 10.1. The van der Waals surface area contributed by atoms with Gasteiger partial charge in [-0.2, -0.15) is 0 Å². The Morgan fingerprint density at radius 1 is 0.944 bits per heavy atom. The smallest absolute Gasteiger partial charge is 0.177 e. The molecule has 1 fully saturated rings. The van der Waals surface area contributed by atoms with E-state index in [1.807, 2.05) is 18.2 Å². The Balaban J connectivity index is 1.38. The highest BCUT2D eigenvalue weighted by molar-refractivity contribution is 7.98. The van der Waals surface area contributed by atoms with Crippen LogP contribution in [0.5, 0.6) is 0 Å². The molecule has 0 bridgehead atoms. The van der Waals surface area contributed by atoms with Gasteiger partial charge in [0, 0.05) is 41.8 Å². The summed E-state index contributed by atoms with van der Waals surface area (Å²) in [5, 5.41) is 5.83. The molecule has 1 N–H and O–H groups in total. The monoisotopic (exact) mass is 495 g/mol. The first-order chi connectivity index (χ1) is 17.8. The molecule has 5 nitrogen and oxygen atoms in total. The van der Waals surface area contributed by atoms with Crippen LogP contribution in [-0.4, -0.2) is 55.5 Å². The summed E-state index contributed by atoms with van der Waals surface area (Å²) in [6, 6.07) is 23.2. The number of hydrogen-bond acceptors (Lipinski definition) is 6. The van der Waals surface area contributed by atoms with Gasteiger partial charge in [-0.3, -0.25) is 4.90 Å². The van der Waals surface area contributed by atoms with Gasteiger partial charge in [0.2, 0.25) is 0 Å². The second-order valence-electron chi connectivity index (χ2n) is 9.03. The van der Waals surface area contributed by atoms with Gasteiger partial charge in [-0.15, -0.1) is 11.8 Å². The van der Waals surface area contributed by atoms with Crippen LogP contribution in [0.15, 0.2) is 76.0 Å². The lowest BCUT2D eigenvalue weighted by Crippen LogP contribution is -2.39. The van der Waals surface area contributed by atoms with Crippen molar-refractivity contribution in [2.75, 3.05) is 51.0 Å². The molecule has 0 amide bonds. The molecule has 5 aromatic rings. The van der Waals surface area contributed by atoms with E-state index in [0.29, 0.717) is 0 Å². The highest BCUT2D eigenvalue weighted by Crippen LogP contribution is 2.37. The molecular formula is C30H29N3O2S. The Labute approximate surface area is 215 Å². The third kappa shape index (κ3) is 4.72. The number of nitrogens with zero attached hydrogens (tertiary/aromatic N) is 2. The number of benzene rings is 3. The second kappa shape index (κ2) is 10.3. The predicted octanol–water partition coefficient (Wildman–Crippen LogP) is 6.77. The minimum Gasteiger partial charge on any atom is -0.452 e. The average molecular weight is 496 g/mol. The molecule has 3 heterocycles. The Bertz CT molecular complexity index is 1540. The normalized spacial score (nSPS) is 14.9. The number of rotatable bonds is 7. The van der Waals surface area contributed by atoms with Crippen LogP contribution in [0.2, 0.25) is 0 Å². The summed E-state index contributed by atoms with van der Waals surface area (Å²) < 4.78 is 11.8. The Hall–Kier alpha value is -3.32. The van der Waals surface area contributed by atoms with Gasteiger partial charge in [-0.05, 0) is 53.8 Å². The quantitative estimate of drug-likeness (QED) is 0.199. The van der Waals surface area contributed by atoms with Crippen molar-refractivity contribution >= 4 is 62.6 Å². The zero-order valence-electron chi connectivity index (χ0n) is 20.4. The summed E-state index contributed by atoms with van der Waals surface area (Å²) in [5.74, 6) is 0. The molecule has 0 aliphatic carbocycles. The zero-order chi connectivity index (χ0) is 24.3. The highest BCUT2D eigenvalue weighted by Gasteiger charge is 2.17. The highest BCUT2D eigenvalue weighted by atomic mass is 32.2. The van der Waals surface area contributed by atoms with Crippen molar-refractivity contribution in [3.05, 3.63) is 77.9 Å². The van der Waals surface area contributed by atoms with Crippen molar-refractivity contribution in [3.8, 4) is 0 Å². The number of ether oxygens (including phenoxy) is 1. The van der Waals surface area contributed by atoms with E-state index in [0.717, 1.165) is 83.6 Å². The average Bonchev–Trinajstić information content (AvgIpc) is 3.31. The molecular weight excluding hydrogens is 466 g/mol. The van der Waals surface area contributed by atoms with Crippen LogP contribution in [0, 0.1) is 0 Å². The molecule has 1 aliphatic rings. The summed E-state index contributed by atoms with van der Waals surface area (Å²) in [4.78, 5) is 8.72. The molecule has 3 aromatic carbocycles. The number of hydrogen-bond donors (Lipinski definition) is 1. The van der Waals surface area contributed by atoms with Gasteiger partial charge in [0.15, 0.2) is 5.58 Å². The number of fused-ring (bicyclic) bond motifs is 4. The number of thioether (sulfide) groups is 1. The summed E-state index contributed by atoms with van der Waals surface area (Å²) in [7, 11) is 0. The van der Waals surface area contributed by atoms with Gasteiger partial charge in [0.25, 0.3) is 0 Å². The Morgan fingerprint density at radius 2 is 1.72 bits per heavy atom. The van der Waals surface area contributed by atoms with Crippen LogP contribution >= 0.6 is 11.8 Å². The summed E-state index contributed by atoms with van der Waals surface area (Å²) >= 11 is 1.76. The number of morpholine rings is 1. The van der Waals surface area contributed by atoms with Gasteiger partial charge >= 0.3 is 0 Å². The molecule has 0 spiro atoms. The van der Waals surface area contributed by atoms with Gasteiger partial charge < -0.3 is 14.5 Å². The van der Waals surface area contributed by atoms with Crippen molar-refractivity contribution in [1.82, 2.24) is 9.88 Å². The van der Waals surface area contributed by atoms with Crippen molar-refractivity contribution in [1.29, 1.82) is 0 Å². The van der Waals surface area contributed by atoms with E-state index >= 15 is 0 Å². The molecule has 0 atom stereocenters. The second-order valence-corrected chi connectivity index (χ2v) is 9.91. The van der Waals surface area contributed by atoms with E-state index in [2.05, 4.69) is 77.2 Å². The third-order valence-electron chi connectivity index (χ3n) is 6.74. The molecule has 1 aliphatic heterocycles. The minimum absolute atomic E-state index is 0.807. The molecule has 0 radical (unpaired) electrons. The minimum atomic E-state index is 0.807. The first-order valence-corrected chi connectivity index (χ1v) is 13.6. The maximum Gasteiger partial charge on any atom is 0.177 e. The van der Waals surface area contributed by atoms with E-state index in [1.165, 1.54) is 10.5 Å². The van der Waals surface area contributed by atoms with Crippen LogP contribution in [0.25, 0.3) is 45.1 Å². The first kappa shape index (κ1) is 23.1. The molecule has 182 valence electrons. The van der Waals surface area contributed by atoms with Crippen LogP contribution in [0.3, 0.4) is 0 Å². The first-order valence-electron chi connectivity index (χ1n) is 12.4. The number of furan rings is 1. The lowest BCUT2D eigenvalue weighted by Gasteiger charge is -2.26. The summed E-state index contributed by atoms with van der Waals surface area (Å²) in [6.45, 7) is 5.36.